The summed E-state index contributed by atoms with van der Waals surface area (Å²) in [6, 6.07) is 0.407. The third kappa shape index (κ3) is 11.4. The van der Waals surface area contributed by atoms with Crippen molar-refractivity contribution in [1.29, 1.82) is 0 Å². The number of nitrogens with one attached hydrogen (secondary N) is 3. The van der Waals surface area contributed by atoms with E-state index < -0.39 is 5.66 Å². The number of ketones is 1. The van der Waals surface area contributed by atoms with Gasteiger partial charge in [0.15, 0.2) is 5.66 Å². The molecule has 0 saturated carbocycles. The van der Waals surface area contributed by atoms with Crippen molar-refractivity contribution in [3.63, 3.8) is 0 Å². The molecule has 3 aliphatic heterocycles. The van der Waals surface area contributed by atoms with Gasteiger partial charge in [0.2, 0.25) is 5.91 Å². The number of thioether (sulfide) groups is 1. The molecule has 1 aromatic heterocycles. The van der Waals surface area contributed by atoms with Gasteiger partial charge in [0.1, 0.15) is 5.78 Å². The Bertz CT molecular complexity index is 1120. The van der Waals surface area contributed by atoms with Crippen LogP contribution in [0.5, 0.6) is 0 Å². The number of hydrogen-bond acceptors (Lipinski definition) is 11. The number of Topliss-reactive ketones (excluding diaryl/α,β-unsaturated/α-hetero) is 1. The summed E-state index contributed by atoms with van der Waals surface area (Å²) in [7, 11) is 0. The standard InChI is InChI=1S/C29H48N8O6S/c1-28(2,3)24(38)18-29(34-35-29)9-8-21-19-37(36-33-21)11-13-42-15-17-43-16-14-41-12-10-30-25(39)7-5-4-6-23-26-22(20-44-23)31-27(40)32-26/h19,22-23,26H,4-18,20H2,1-3H3,(H,30,39)(H2,31,32,40)/t22-,23-,26-/m0/s1. The fraction of sp³-hybridized carbons (Fsp3) is 0.828. The van der Waals surface area contributed by atoms with Crippen molar-refractivity contribution < 1.29 is 28.6 Å². The van der Waals surface area contributed by atoms with Crippen molar-refractivity contribution >= 4 is 29.5 Å². The zero-order valence-corrected chi connectivity index (χ0v) is 27.0. The molecule has 0 spiro atoms. The average molecular weight is 637 g/mol. The topological polar surface area (TPSA) is 170 Å². The summed E-state index contributed by atoms with van der Waals surface area (Å²) >= 11 is 1.90. The zero-order chi connectivity index (χ0) is 31.4. The molecule has 3 N–H and O–H groups in total. The maximum atomic E-state index is 12.3. The molecule has 0 aliphatic carbocycles. The van der Waals surface area contributed by atoms with E-state index in [0.717, 1.165) is 30.7 Å². The van der Waals surface area contributed by atoms with E-state index in [9.17, 15) is 14.4 Å². The van der Waals surface area contributed by atoms with Crippen LogP contribution < -0.4 is 16.0 Å². The maximum Gasteiger partial charge on any atom is 0.315 e. The Hall–Kier alpha value is -2.62. The minimum Gasteiger partial charge on any atom is -0.377 e. The van der Waals surface area contributed by atoms with Crippen LogP contribution in [-0.4, -0.2) is 108 Å². The Morgan fingerprint density at radius 1 is 1.07 bits per heavy atom. The van der Waals surface area contributed by atoms with Gasteiger partial charge in [-0.2, -0.15) is 22.0 Å². The average Bonchev–Trinajstić information content (AvgIpc) is 3.25. The van der Waals surface area contributed by atoms with E-state index in [1.54, 1.807) is 4.68 Å². The first-order chi connectivity index (χ1) is 21.1. The summed E-state index contributed by atoms with van der Waals surface area (Å²) in [5, 5.41) is 25.9. The minimum atomic E-state index is -0.575. The van der Waals surface area contributed by atoms with E-state index in [4.69, 9.17) is 14.2 Å². The molecule has 4 heterocycles. The van der Waals surface area contributed by atoms with Crippen molar-refractivity contribution in [2.75, 3.05) is 51.9 Å². The molecule has 4 rings (SSSR count). The van der Waals surface area contributed by atoms with E-state index in [2.05, 4.69) is 36.5 Å². The third-order valence-electron chi connectivity index (χ3n) is 7.89. The lowest BCUT2D eigenvalue weighted by Crippen LogP contribution is -2.36. The smallest absolute Gasteiger partial charge is 0.315 e. The van der Waals surface area contributed by atoms with E-state index in [1.165, 1.54) is 0 Å². The molecule has 3 atom stereocenters. The van der Waals surface area contributed by atoms with Crippen molar-refractivity contribution in [2.45, 2.75) is 95.3 Å². The monoisotopic (exact) mass is 636 g/mol. The summed E-state index contributed by atoms with van der Waals surface area (Å²) < 4.78 is 18.4. The fourth-order valence-corrected chi connectivity index (χ4v) is 6.61. The SMILES string of the molecule is CC(C)(C)C(=O)CC1(CCc2cn(CCOCCOCCOCCNC(=O)CCCC[C@@H]3SC[C@@H]4NC(=O)N[C@@H]43)nn2)N=N1. The van der Waals surface area contributed by atoms with E-state index in [-0.39, 0.29) is 35.2 Å². The van der Waals surface area contributed by atoms with Crippen LogP contribution in [0.3, 0.4) is 0 Å². The number of fused-ring (bicyclic) bond motifs is 1. The molecule has 14 nitrogen and oxygen atoms in total. The summed E-state index contributed by atoms with van der Waals surface area (Å²) in [5.74, 6) is 1.16. The Morgan fingerprint density at radius 2 is 1.80 bits per heavy atom. The number of aryl methyl sites for hydroxylation is 1. The lowest BCUT2D eigenvalue weighted by Gasteiger charge is -2.18. The Morgan fingerprint density at radius 3 is 2.52 bits per heavy atom. The number of rotatable bonds is 22. The first kappa shape index (κ1) is 34.3. The highest BCUT2D eigenvalue weighted by molar-refractivity contribution is 8.00. The van der Waals surface area contributed by atoms with Gasteiger partial charge < -0.3 is 30.2 Å². The van der Waals surface area contributed by atoms with Crippen LogP contribution in [0.15, 0.2) is 16.4 Å². The number of nitrogens with zero attached hydrogens (tertiary/aromatic N) is 5. The van der Waals surface area contributed by atoms with E-state index >= 15 is 0 Å². The second kappa shape index (κ2) is 16.6. The molecule has 1 aromatic rings. The number of hydrogen-bond donors (Lipinski definition) is 3. The lowest BCUT2D eigenvalue weighted by atomic mass is 9.85. The summed E-state index contributed by atoms with van der Waals surface area (Å²) in [5.41, 5.74) is -0.117. The van der Waals surface area contributed by atoms with Crippen LogP contribution in [0.25, 0.3) is 0 Å². The number of carbonyl (C=O) groups is 3. The molecule has 2 saturated heterocycles. The van der Waals surface area contributed by atoms with Gasteiger partial charge >= 0.3 is 6.03 Å². The van der Waals surface area contributed by atoms with Crippen LogP contribution in [0.2, 0.25) is 0 Å². The molecule has 0 unspecified atom stereocenters. The van der Waals surface area contributed by atoms with Crippen LogP contribution in [0.1, 0.15) is 65.0 Å². The van der Waals surface area contributed by atoms with E-state index in [1.807, 2.05) is 38.7 Å². The van der Waals surface area contributed by atoms with Gasteiger partial charge in [0.05, 0.1) is 70.4 Å². The highest BCUT2D eigenvalue weighted by atomic mass is 32.2. The van der Waals surface area contributed by atoms with Crippen LogP contribution in [0.4, 0.5) is 4.79 Å². The first-order valence-electron chi connectivity index (χ1n) is 15.7. The van der Waals surface area contributed by atoms with Crippen LogP contribution in [0, 0.1) is 5.41 Å². The molecular weight excluding hydrogens is 588 g/mol. The number of unbranched alkanes of at least 4 members (excludes halogenated alkanes) is 1. The maximum absolute atomic E-state index is 12.3. The molecule has 0 aromatic carbocycles. The highest BCUT2D eigenvalue weighted by Crippen LogP contribution is 2.39. The first-order valence-corrected chi connectivity index (χ1v) is 16.7. The molecular formula is C29H48N8O6S. The molecule has 0 radical (unpaired) electrons. The Labute approximate surface area is 263 Å². The Kier molecular flexibility index (Phi) is 12.9. The second-order valence-electron chi connectivity index (χ2n) is 12.6. The number of ether oxygens (including phenoxy) is 3. The molecule has 0 bridgehead atoms. The van der Waals surface area contributed by atoms with Gasteiger partial charge in [-0.3, -0.25) is 9.59 Å². The predicted molar refractivity (Wildman–Crippen MR) is 164 cm³/mol. The molecule has 246 valence electrons. The number of amides is 3. The Balaban J connectivity index is 0.900. The van der Waals surface area contributed by atoms with Gasteiger partial charge in [0.25, 0.3) is 0 Å². The lowest BCUT2D eigenvalue weighted by molar-refractivity contribution is -0.127. The normalized spacial score (nSPS) is 21.6. The van der Waals surface area contributed by atoms with Crippen molar-refractivity contribution in [2.24, 2.45) is 15.6 Å². The molecule has 3 aliphatic rings. The van der Waals surface area contributed by atoms with Crippen LogP contribution >= 0.6 is 11.8 Å². The highest BCUT2D eigenvalue weighted by Gasteiger charge is 2.44. The van der Waals surface area contributed by atoms with Crippen LogP contribution in [-0.2, 0) is 36.8 Å². The second-order valence-corrected chi connectivity index (χ2v) is 13.8. The molecule has 2 fully saturated rings. The predicted octanol–water partition coefficient (Wildman–Crippen LogP) is 2.27. The van der Waals surface area contributed by atoms with Gasteiger partial charge in [-0.05, 0) is 19.3 Å². The minimum absolute atomic E-state index is 0.0414. The summed E-state index contributed by atoms with van der Waals surface area (Å²) in [6.45, 7) is 9.60. The largest absolute Gasteiger partial charge is 0.377 e. The summed E-state index contributed by atoms with van der Waals surface area (Å²) in [6.07, 6.45) is 6.88. The molecule has 44 heavy (non-hydrogen) atoms. The number of urea groups is 1. The van der Waals surface area contributed by atoms with Gasteiger partial charge in [0, 0.05) is 42.0 Å². The van der Waals surface area contributed by atoms with Gasteiger partial charge in [-0.1, -0.05) is 32.4 Å². The van der Waals surface area contributed by atoms with Gasteiger partial charge in [-0.15, -0.1) is 5.10 Å². The fourth-order valence-electron chi connectivity index (χ4n) is 5.07. The van der Waals surface area contributed by atoms with Crippen molar-refractivity contribution in [3.8, 4) is 0 Å². The van der Waals surface area contributed by atoms with E-state index in [0.29, 0.717) is 83.7 Å². The third-order valence-corrected chi connectivity index (χ3v) is 9.40. The quantitative estimate of drug-likeness (QED) is 0.128. The van der Waals surface area contributed by atoms with Gasteiger partial charge in [-0.25, -0.2) is 9.48 Å². The van der Waals surface area contributed by atoms with Crippen molar-refractivity contribution in [3.05, 3.63) is 11.9 Å². The zero-order valence-electron chi connectivity index (χ0n) is 26.2. The number of aromatic nitrogens is 3. The van der Waals surface area contributed by atoms with Crippen molar-refractivity contribution in [1.82, 2.24) is 30.9 Å². The summed E-state index contributed by atoms with van der Waals surface area (Å²) in [4.78, 5) is 35.8. The molecule has 15 heteroatoms. The molecule has 3 amide bonds. The number of carbonyl (C=O) groups excluding carboxylic acids is 3.